The first-order valence-electron chi connectivity index (χ1n) is 7.00. The fourth-order valence-corrected chi connectivity index (χ4v) is 4.58. The maximum Gasteiger partial charge on any atom is 0.250 e. The van der Waals surface area contributed by atoms with Gasteiger partial charge in [0.25, 0.3) is 0 Å². The first-order valence-corrected chi connectivity index (χ1v) is 9.68. The minimum Gasteiger partial charge on any atom is -0.497 e. The molecule has 0 spiro atoms. The van der Waals surface area contributed by atoms with Crippen molar-refractivity contribution in [2.24, 2.45) is 0 Å². The fraction of sp³-hybridized carbons (Fsp3) is 0.267. The van der Waals surface area contributed by atoms with Crippen molar-refractivity contribution >= 4 is 44.6 Å². The van der Waals surface area contributed by atoms with Crippen LogP contribution in [0.25, 0.3) is 0 Å². The van der Waals surface area contributed by atoms with E-state index in [0.29, 0.717) is 15.8 Å². The van der Waals surface area contributed by atoms with Gasteiger partial charge in [0.2, 0.25) is 15.9 Å². The molecule has 0 bridgehead atoms. The van der Waals surface area contributed by atoms with Gasteiger partial charge < -0.3 is 9.64 Å². The molecule has 2 rings (SSSR count). The van der Waals surface area contributed by atoms with Crippen LogP contribution in [0.1, 0.15) is 6.92 Å². The number of benzene rings is 1. The summed E-state index contributed by atoms with van der Waals surface area (Å²) in [4.78, 5) is 13.3. The number of halogens is 1. The summed E-state index contributed by atoms with van der Waals surface area (Å²) in [7, 11) is -2.07. The third kappa shape index (κ3) is 4.70. The summed E-state index contributed by atoms with van der Waals surface area (Å²) >= 11 is 6.74. The second-order valence-electron chi connectivity index (χ2n) is 4.82. The lowest BCUT2D eigenvalue weighted by Crippen LogP contribution is -2.37. The molecule has 1 heterocycles. The van der Waals surface area contributed by atoms with E-state index >= 15 is 0 Å². The predicted octanol–water partition coefficient (Wildman–Crippen LogP) is 2.74. The molecule has 0 radical (unpaired) electrons. The van der Waals surface area contributed by atoms with Gasteiger partial charge >= 0.3 is 0 Å². The Bertz CT molecular complexity index is 803. The van der Waals surface area contributed by atoms with Gasteiger partial charge in [-0.2, -0.15) is 0 Å². The molecule has 2 aromatic rings. The average Bonchev–Trinajstić information content (AvgIpc) is 2.99. The van der Waals surface area contributed by atoms with Crippen molar-refractivity contribution in [2.75, 3.05) is 25.1 Å². The molecule has 1 N–H and O–H groups in total. The number of amides is 1. The quantitative estimate of drug-likeness (QED) is 0.791. The van der Waals surface area contributed by atoms with E-state index in [-0.39, 0.29) is 23.2 Å². The zero-order valence-corrected chi connectivity index (χ0v) is 15.5. The van der Waals surface area contributed by atoms with E-state index in [2.05, 4.69) is 4.72 Å². The number of rotatable bonds is 7. The first-order chi connectivity index (χ1) is 11.3. The molecule has 6 nitrogen and oxygen atoms in total. The summed E-state index contributed by atoms with van der Waals surface area (Å²) in [5, 5.41) is 0. The van der Waals surface area contributed by atoms with E-state index in [0.717, 1.165) is 11.3 Å². The standard InChI is InChI=1S/C15H17ClN2O4S2/c1-11(19)18(12-3-5-13(22-2)6-4-12)10-9-17-24(20,21)15-8-7-14(16)23-15/h3-8,17H,9-10H2,1-2H3. The van der Waals surface area contributed by atoms with E-state index in [4.69, 9.17) is 16.3 Å². The van der Waals surface area contributed by atoms with Gasteiger partial charge in [0.15, 0.2) is 0 Å². The molecular weight excluding hydrogens is 372 g/mol. The molecule has 0 aliphatic heterocycles. The van der Waals surface area contributed by atoms with Crippen molar-refractivity contribution in [1.29, 1.82) is 0 Å². The van der Waals surface area contributed by atoms with Crippen LogP contribution in [0.15, 0.2) is 40.6 Å². The highest BCUT2D eigenvalue weighted by Crippen LogP contribution is 2.25. The number of anilines is 1. The molecule has 0 saturated carbocycles. The van der Waals surface area contributed by atoms with Crippen LogP contribution in [0.4, 0.5) is 5.69 Å². The largest absolute Gasteiger partial charge is 0.497 e. The summed E-state index contributed by atoms with van der Waals surface area (Å²) in [5.41, 5.74) is 0.668. The monoisotopic (exact) mass is 388 g/mol. The number of carbonyl (C=O) groups excluding carboxylic acids is 1. The van der Waals surface area contributed by atoms with E-state index < -0.39 is 10.0 Å². The number of nitrogens with one attached hydrogen (secondary N) is 1. The Kier molecular flexibility index (Phi) is 6.22. The number of hydrogen-bond donors (Lipinski definition) is 1. The van der Waals surface area contributed by atoms with Crippen LogP contribution in [0, 0.1) is 0 Å². The van der Waals surface area contributed by atoms with E-state index in [1.807, 2.05) is 0 Å². The minimum absolute atomic E-state index is 0.0868. The maximum atomic E-state index is 12.1. The highest BCUT2D eigenvalue weighted by atomic mass is 35.5. The van der Waals surface area contributed by atoms with Crippen LogP contribution < -0.4 is 14.4 Å². The minimum atomic E-state index is -3.63. The fourth-order valence-electron chi connectivity index (χ4n) is 2.04. The number of thiophene rings is 1. The Hall–Kier alpha value is -1.61. The van der Waals surface area contributed by atoms with Crippen LogP contribution >= 0.6 is 22.9 Å². The molecule has 0 aliphatic carbocycles. The highest BCUT2D eigenvalue weighted by Gasteiger charge is 2.18. The van der Waals surface area contributed by atoms with Gasteiger partial charge in [-0.1, -0.05) is 11.6 Å². The van der Waals surface area contributed by atoms with E-state index in [9.17, 15) is 13.2 Å². The van der Waals surface area contributed by atoms with Crippen molar-refractivity contribution in [2.45, 2.75) is 11.1 Å². The lowest BCUT2D eigenvalue weighted by molar-refractivity contribution is -0.116. The summed E-state index contributed by atoms with van der Waals surface area (Å²) < 4.78 is 32.4. The molecule has 1 aromatic carbocycles. The van der Waals surface area contributed by atoms with Gasteiger partial charge in [0, 0.05) is 25.7 Å². The molecule has 0 aliphatic rings. The van der Waals surface area contributed by atoms with Crippen LogP contribution in [-0.2, 0) is 14.8 Å². The highest BCUT2D eigenvalue weighted by molar-refractivity contribution is 7.91. The van der Waals surface area contributed by atoms with Gasteiger partial charge in [-0.15, -0.1) is 11.3 Å². The lowest BCUT2D eigenvalue weighted by Gasteiger charge is -2.21. The van der Waals surface area contributed by atoms with E-state index in [1.54, 1.807) is 31.4 Å². The molecule has 0 unspecified atom stereocenters. The summed E-state index contributed by atoms with van der Waals surface area (Å²) in [6, 6.07) is 9.94. The van der Waals surface area contributed by atoms with Crippen LogP contribution in [0.3, 0.4) is 0 Å². The lowest BCUT2D eigenvalue weighted by atomic mass is 10.2. The second kappa shape index (κ2) is 7.98. The summed E-state index contributed by atoms with van der Waals surface area (Å²) in [6.45, 7) is 1.72. The number of ether oxygens (including phenoxy) is 1. The van der Waals surface area contributed by atoms with Crippen LogP contribution in [0.2, 0.25) is 4.34 Å². The Morgan fingerprint density at radius 3 is 2.42 bits per heavy atom. The molecule has 130 valence electrons. The van der Waals surface area contributed by atoms with Crippen molar-refractivity contribution in [3.63, 3.8) is 0 Å². The van der Waals surface area contributed by atoms with Crippen LogP contribution in [0.5, 0.6) is 5.75 Å². The Balaban J connectivity index is 2.02. The summed E-state index contributed by atoms with van der Waals surface area (Å²) in [6.07, 6.45) is 0. The first kappa shape index (κ1) is 18.7. The molecule has 1 aromatic heterocycles. The van der Waals surface area contributed by atoms with Gasteiger partial charge in [-0.05, 0) is 36.4 Å². The zero-order valence-electron chi connectivity index (χ0n) is 13.2. The number of nitrogens with zero attached hydrogens (tertiary/aromatic N) is 1. The number of sulfonamides is 1. The smallest absolute Gasteiger partial charge is 0.250 e. The zero-order chi connectivity index (χ0) is 17.7. The van der Waals surface area contributed by atoms with Crippen molar-refractivity contribution < 1.29 is 17.9 Å². The normalized spacial score (nSPS) is 11.3. The topological polar surface area (TPSA) is 75.7 Å². The van der Waals surface area contributed by atoms with Crippen molar-refractivity contribution in [1.82, 2.24) is 4.72 Å². The Morgan fingerprint density at radius 2 is 1.92 bits per heavy atom. The van der Waals surface area contributed by atoms with Gasteiger partial charge in [-0.25, -0.2) is 13.1 Å². The number of methoxy groups -OCH3 is 1. The molecule has 24 heavy (non-hydrogen) atoms. The Morgan fingerprint density at radius 1 is 1.25 bits per heavy atom. The number of carbonyl (C=O) groups is 1. The molecule has 0 fully saturated rings. The third-order valence-electron chi connectivity index (χ3n) is 3.21. The molecule has 9 heteroatoms. The van der Waals surface area contributed by atoms with Gasteiger partial charge in [0.05, 0.1) is 11.4 Å². The average molecular weight is 389 g/mol. The third-order valence-corrected chi connectivity index (χ3v) is 6.39. The second-order valence-corrected chi connectivity index (χ2v) is 8.53. The van der Waals surface area contributed by atoms with E-state index in [1.165, 1.54) is 24.0 Å². The summed E-state index contributed by atoms with van der Waals surface area (Å²) in [5.74, 6) is 0.496. The molecule has 0 saturated heterocycles. The van der Waals surface area contributed by atoms with Crippen molar-refractivity contribution in [3.05, 3.63) is 40.7 Å². The SMILES string of the molecule is COc1ccc(N(CCNS(=O)(=O)c2ccc(Cl)s2)C(C)=O)cc1. The van der Waals surface area contributed by atoms with Crippen molar-refractivity contribution in [3.8, 4) is 5.75 Å². The maximum absolute atomic E-state index is 12.1. The van der Waals surface area contributed by atoms with Crippen LogP contribution in [-0.4, -0.2) is 34.5 Å². The molecule has 1 amide bonds. The Labute approximate surface area is 150 Å². The van der Waals surface area contributed by atoms with Gasteiger partial charge in [0.1, 0.15) is 9.96 Å². The molecule has 0 atom stereocenters. The molecular formula is C15H17ClN2O4S2. The van der Waals surface area contributed by atoms with Gasteiger partial charge in [-0.3, -0.25) is 4.79 Å². The predicted molar refractivity (Wildman–Crippen MR) is 95.5 cm³/mol. The number of hydrogen-bond acceptors (Lipinski definition) is 5.